The molecule has 96 valence electrons. The van der Waals surface area contributed by atoms with Crippen LogP contribution in [0.4, 0.5) is 0 Å². The maximum atomic E-state index is 11.8. The molecule has 0 aliphatic carbocycles. The van der Waals surface area contributed by atoms with Crippen molar-refractivity contribution in [3.05, 3.63) is 25.3 Å². The molecule has 0 rings (SSSR count). The predicted molar refractivity (Wildman–Crippen MR) is 69.4 cm³/mol. The topological polar surface area (TPSA) is 58.2 Å². The van der Waals surface area contributed by atoms with Gasteiger partial charge in [0.25, 0.3) is 0 Å². The van der Waals surface area contributed by atoms with Crippen molar-refractivity contribution in [1.29, 1.82) is 0 Å². The Balaban J connectivity index is 4.40. The zero-order valence-corrected chi connectivity index (χ0v) is 10.7. The molecule has 4 nitrogen and oxygen atoms in total. The van der Waals surface area contributed by atoms with Crippen LogP contribution in [0, 0.1) is 5.92 Å². The number of carbonyl (C=O) groups is 2. The summed E-state index contributed by atoms with van der Waals surface area (Å²) in [7, 11) is 0. The molecule has 0 aromatic rings. The van der Waals surface area contributed by atoms with Crippen LogP contribution >= 0.6 is 0 Å². The normalized spacial score (nSPS) is 11.7. The van der Waals surface area contributed by atoms with Crippen LogP contribution in [-0.2, 0) is 9.59 Å². The fourth-order valence-electron chi connectivity index (χ4n) is 1.38. The van der Waals surface area contributed by atoms with E-state index in [1.54, 1.807) is 6.08 Å². The molecule has 1 atom stereocenters. The molecule has 0 saturated carbocycles. The number of amides is 2. The molecule has 2 amide bonds. The van der Waals surface area contributed by atoms with Gasteiger partial charge in [0.2, 0.25) is 11.8 Å². The number of carbonyl (C=O) groups excluding carboxylic acids is 2. The largest absolute Gasteiger partial charge is 0.351 e. The van der Waals surface area contributed by atoms with E-state index in [1.165, 1.54) is 6.08 Å². The molecule has 0 saturated heterocycles. The van der Waals surface area contributed by atoms with Crippen molar-refractivity contribution >= 4 is 11.8 Å². The number of nitrogens with one attached hydrogen (secondary N) is 2. The molecule has 17 heavy (non-hydrogen) atoms. The van der Waals surface area contributed by atoms with Crippen molar-refractivity contribution in [2.24, 2.45) is 5.92 Å². The first-order chi connectivity index (χ1) is 8.01. The monoisotopic (exact) mass is 238 g/mol. The highest BCUT2D eigenvalue weighted by molar-refractivity contribution is 5.88. The molecule has 2 N–H and O–H groups in total. The summed E-state index contributed by atoms with van der Waals surface area (Å²) in [6.45, 7) is 11.4. The zero-order valence-electron chi connectivity index (χ0n) is 10.7. The van der Waals surface area contributed by atoms with Crippen LogP contribution in [0.2, 0.25) is 0 Å². The van der Waals surface area contributed by atoms with Gasteiger partial charge in [-0.15, -0.1) is 13.2 Å². The van der Waals surface area contributed by atoms with Crippen LogP contribution in [0.15, 0.2) is 25.3 Å². The van der Waals surface area contributed by atoms with E-state index >= 15 is 0 Å². The number of rotatable bonds is 8. The van der Waals surface area contributed by atoms with Crippen molar-refractivity contribution < 1.29 is 9.59 Å². The Morgan fingerprint density at radius 1 is 1.24 bits per heavy atom. The maximum absolute atomic E-state index is 11.8. The second-order valence-electron chi connectivity index (χ2n) is 4.28. The lowest BCUT2D eigenvalue weighted by molar-refractivity contribution is -0.128. The summed E-state index contributed by atoms with van der Waals surface area (Å²) in [5.41, 5.74) is 0. The Labute approximate surface area is 103 Å². The van der Waals surface area contributed by atoms with Crippen molar-refractivity contribution in [3.63, 3.8) is 0 Å². The lowest BCUT2D eigenvalue weighted by atomic mass is 10.0. The lowest BCUT2D eigenvalue weighted by Crippen LogP contribution is -2.47. The second kappa shape index (κ2) is 8.56. The molecule has 0 heterocycles. The fourth-order valence-corrected chi connectivity index (χ4v) is 1.38. The van der Waals surface area contributed by atoms with Gasteiger partial charge in [-0.25, -0.2) is 0 Å². The van der Waals surface area contributed by atoms with Gasteiger partial charge in [-0.2, -0.15) is 0 Å². The van der Waals surface area contributed by atoms with Crippen LogP contribution in [0.25, 0.3) is 0 Å². The van der Waals surface area contributed by atoms with Crippen molar-refractivity contribution in [1.82, 2.24) is 10.6 Å². The van der Waals surface area contributed by atoms with Gasteiger partial charge < -0.3 is 10.6 Å². The van der Waals surface area contributed by atoms with E-state index in [2.05, 4.69) is 23.8 Å². The summed E-state index contributed by atoms with van der Waals surface area (Å²) in [5, 5.41) is 5.39. The van der Waals surface area contributed by atoms with E-state index in [1.807, 2.05) is 13.8 Å². The third-order valence-corrected chi connectivity index (χ3v) is 2.11. The average molecular weight is 238 g/mol. The summed E-state index contributed by atoms with van der Waals surface area (Å²) in [6.07, 6.45) is 3.97. The van der Waals surface area contributed by atoms with Gasteiger partial charge in [0.1, 0.15) is 6.04 Å². The minimum Gasteiger partial charge on any atom is -0.351 e. The minimum absolute atomic E-state index is 0.170. The maximum Gasteiger partial charge on any atom is 0.242 e. The van der Waals surface area contributed by atoms with Crippen LogP contribution < -0.4 is 10.6 Å². The van der Waals surface area contributed by atoms with E-state index in [9.17, 15) is 9.59 Å². The molecule has 0 aromatic heterocycles. The van der Waals surface area contributed by atoms with Crippen LogP contribution in [0.5, 0.6) is 0 Å². The molecular weight excluding hydrogens is 216 g/mol. The van der Waals surface area contributed by atoms with E-state index in [0.29, 0.717) is 18.9 Å². The Hall–Kier alpha value is -1.58. The highest BCUT2D eigenvalue weighted by atomic mass is 16.2. The van der Waals surface area contributed by atoms with Crippen molar-refractivity contribution in [2.75, 3.05) is 6.54 Å². The highest BCUT2D eigenvalue weighted by Gasteiger charge is 2.20. The molecule has 0 aliphatic heterocycles. The first-order valence-electron chi connectivity index (χ1n) is 5.80. The molecule has 0 aromatic carbocycles. The summed E-state index contributed by atoms with van der Waals surface area (Å²) in [5.74, 6) is -0.0195. The summed E-state index contributed by atoms with van der Waals surface area (Å²) in [4.78, 5) is 23.2. The molecule has 0 unspecified atom stereocenters. The van der Waals surface area contributed by atoms with E-state index in [-0.39, 0.29) is 18.2 Å². The Kier molecular flexibility index (Phi) is 7.76. The van der Waals surface area contributed by atoms with Gasteiger partial charge in [-0.3, -0.25) is 9.59 Å². The molecule has 0 fully saturated rings. The van der Waals surface area contributed by atoms with Gasteiger partial charge in [0.15, 0.2) is 0 Å². The molecule has 0 radical (unpaired) electrons. The Morgan fingerprint density at radius 3 is 2.35 bits per heavy atom. The van der Waals surface area contributed by atoms with Gasteiger partial charge in [0.05, 0.1) is 0 Å². The quantitative estimate of drug-likeness (QED) is 0.628. The third-order valence-electron chi connectivity index (χ3n) is 2.11. The predicted octanol–water partition coefficient (Wildman–Crippen LogP) is 1.40. The Morgan fingerprint density at radius 2 is 1.88 bits per heavy atom. The molecule has 4 heteroatoms. The summed E-state index contributed by atoms with van der Waals surface area (Å²) in [6, 6.07) is -0.484. The van der Waals surface area contributed by atoms with Gasteiger partial charge >= 0.3 is 0 Å². The molecule has 0 spiro atoms. The van der Waals surface area contributed by atoms with E-state index < -0.39 is 6.04 Å². The minimum atomic E-state index is -0.484. The second-order valence-corrected chi connectivity index (χ2v) is 4.28. The van der Waals surface area contributed by atoms with Crippen molar-refractivity contribution in [2.45, 2.75) is 32.7 Å². The lowest BCUT2D eigenvalue weighted by Gasteiger charge is -2.19. The molecule has 0 bridgehead atoms. The number of hydrogen-bond donors (Lipinski definition) is 2. The van der Waals surface area contributed by atoms with Gasteiger partial charge in [0, 0.05) is 13.0 Å². The third kappa shape index (κ3) is 7.33. The van der Waals surface area contributed by atoms with Gasteiger partial charge in [-0.1, -0.05) is 26.0 Å². The smallest absolute Gasteiger partial charge is 0.242 e. The fraction of sp³-hybridized carbons (Fsp3) is 0.538. The molecule has 0 aliphatic rings. The Bertz CT molecular complexity index is 285. The highest BCUT2D eigenvalue weighted by Crippen LogP contribution is 2.05. The summed E-state index contributed by atoms with van der Waals surface area (Å²) < 4.78 is 0. The number of hydrogen-bond acceptors (Lipinski definition) is 2. The average Bonchev–Trinajstić information content (AvgIpc) is 2.24. The summed E-state index contributed by atoms with van der Waals surface area (Å²) >= 11 is 0. The SMILES string of the molecule is C=CCNC(=O)[C@H](CC(C)C)NC(=O)CC=C. The first-order valence-corrected chi connectivity index (χ1v) is 5.80. The zero-order chi connectivity index (χ0) is 13.3. The van der Waals surface area contributed by atoms with Gasteiger partial charge in [-0.05, 0) is 12.3 Å². The van der Waals surface area contributed by atoms with E-state index in [4.69, 9.17) is 0 Å². The standard InChI is InChI=1S/C13H22N2O2/c1-5-7-12(16)15-11(9-10(3)4)13(17)14-8-6-2/h5-6,10-11H,1-2,7-9H2,3-4H3,(H,14,17)(H,15,16)/t11-/m0/s1. The van der Waals surface area contributed by atoms with Crippen LogP contribution in [0.1, 0.15) is 26.7 Å². The van der Waals surface area contributed by atoms with Crippen molar-refractivity contribution in [3.8, 4) is 0 Å². The first kappa shape index (κ1) is 15.4. The van der Waals surface area contributed by atoms with Crippen LogP contribution in [0.3, 0.4) is 0 Å². The van der Waals surface area contributed by atoms with E-state index in [0.717, 1.165) is 0 Å². The van der Waals surface area contributed by atoms with Crippen LogP contribution in [-0.4, -0.2) is 24.4 Å². The molecular formula is C13H22N2O2.